The SMILES string of the molecule is O=C(Nc1cccc(-c2nc3ccccc3[nH]2)c1)c1cc(Cl)ccc1[N+](=O)[O-]. The number of fused-ring (bicyclic) bond motifs is 1. The predicted octanol–water partition coefficient (Wildman–Crippen LogP) is 5.04. The van der Waals surface area contributed by atoms with Gasteiger partial charge in [0, 0.05) is 22.3 Å². The van der Waals surface area contributed by atoms with E-state index >= 15 is 0 Å². The summed E-state index contributed by atoms with van der Waals surface area (Å²) in [4.78, 5) is 30.9. The summed E-state index contributed by atoms with van der Waals surface area (Å²) in [6.45, 7) is 0. The number of nitrogens with one attached hydrogen (secondary N) is 2. The Morgan fingerprint density at radius 2 is 1.89 bits per heavy atom. The van der Waals surface area contributed by atoms with Gasteiger partial charge in [-0.15, -0.1) is 0 Å². The van der Waals surface area contributed by atoms with Gasteiger partial charge in [0.25, 0.3) is 11.6 Å². The molecule has 0 saturated carbocycles. The molecule has 0 fully saturated rings. The first-order chi connectivity index (χ1) is 13.5. The molecule has 4 aromatic rings. The average Bonchev–Trinajstić information content (AvgIpc) is 3.12. The molecule has 0 radical (unpaired) electrons. The molecular weight excluding hydrogens is 380 g/mol. The van der Waals surface area contributed by atoms with Gasteiger partial charge < -0.3 is 10.3 Å². The number of nitro benzene ring substituents is 1. The molecule has 7 nitrogen and oxygen atoms in total. The number of nitrogens with zero attached hydrogens (tertiary/aromatic N) is 2. The summed E-state index contributed by atoms with van der Waals surface area (Å²) in [5.74, 6) is 0.0435. The van der Waals surface area contributed by atoms with Crippen LogP contribution in [0.4, 0.5) is 11.4 Å². The van der Waals surface area contributed by atoms with Crippen LogP contribution in [-0.2, 0) is 0 Å². The molecule has 138 valence electrons. The van der Waals surface area contributed by atoms with Gasteiger partial charge in [-0.2, -0.15) is 0 Å². The Bertz CT molecular complexity index is 1190. The lowest BCUT2D eigenvalue weighted by Crippen LogP contribution is -2.14. The standard InChI is InChI=1S/C20H13ClN4O3/c21-13-8-9-18(25(27)28)15(11-13)20(26)22-14-5-3-4-12(10-14)19-23-16-6-1-2-7-17(16)24-19/h1-11H,(H,22,26)(H,23,24). The number of carbonyl (C=O) groups excluding carboxylic acids is 1. The monoisotopic (exact) mass is 392 g/mol. The van der Waals surface area contributed by atoms with E-state index < -0.39 is 10.8 Å². The molecule has 1 aromatic heterocycles. The Morgan fingerprint density at radius 1 is 1.07 bits per heavy atom. The number of nitro groups is 1. The van der Waals surface area contributed by atoms with Gasteiger partial charge in [0.2, 0.25) is 0 Å². The van der Waals surface area contributed by atoms with Crippen molar-refractivity contribution in [3.63, 3.8) is 0 Å². The smallest absolute Gasteiger partial charge is 0.282 e. The summed E-state index contributed by atoms with van der Waals surface area (Å²) in [5, 5.41) is 14.1. The molecule has 0 saturated heterocycles. The molecule has 1 amide bonds. The Balaban J connectivity index is 1.65. The van der Waals surface area contributed by atoms with Gasteiger partial charge in [0.1, 0.15) is 11.4 Å². The highest BCUT2D eigenvalue weighted by molar-refractivity contribution is 6.31. The zero-order valence-electron chi connectivity index (χ0n) is 14.3. The number of imidazole rings is 1. The van der Waals surface area contributed by atoms with Crippen LogP contribution >= 0.6 is 11.6 Å². The lowest BCUT2D eigenvalue weighted by atomic mass is 10.1. The summed E-state index contributed by atoms with van der Waals surface area (Å²) in [5.41, 5.74) is 2.58. The minimum atomic E-state index is -0.615. The third-order valence-electron chi connectivity index (χ3n) is 4.18. The molecule has 28 heavy (non-hydrogen) atoms. The Hall–Kier alpha value is -3.71. The van der Waals surface area contributed by atoms with Gasteiger partial charge in [-0.1, -0.05) is 35.9 Å². The van der Waals surface area contributed by atoms with Gasteiger partial charge in [-0.05, 0) is 36.4 Å². The zero-order valence-corrected chi connectivity index (χ0v) is 15.1. The largest absolute Gasteiger partial charge is 0.338 e. The van der Waals surface area contributed by atoms with E-state index in [1.165, 1.54) is 18.2 Å². The van der Waals surface area contributed by atoms with E-state index in [1.54, 1.807) is 18.2 Å². The first kappa shape index (κ1) is 17.7. The van der Waals surface area contributed by atoms with Crippen LogP contribution in [0.5, 0.6) is 0 Å². The summed E-state index contributed by atoms with van der Waals surface area (Å²) in [6.07, 6.45) is 0. The van der Waals surface area contributed by atoms with Crippen molar-refractivity contribution in [2.75, 3.05) is 5.32 Å². The van der Waals surface area contributed by atoms with Crippen LogP contribution in [-0.4, -0.2) is 20.8 Å². The topological polar surface area (TPSA) is 101 Å². The number of H-pyrrole nitrogens is 1. The highest BCUT2D eigenvalue weighted by Crippen LogP contribution is 2.26. The van der Waals surface area contributed by atoms with Crippen molar-refractivity contribution in [1.82, 2.24) is 9.97 Å². The second-order valence-corrected chi connectivity index (χ2v) is 6.49. The molecule has 0 spiro atoms. The van der Waals surface area contributed by atoms with Gasteiger partial charge in [0.15, 0.2) is 0 Å². The number of hydrogen-bond donors (Lipinski definition) is 2. The fraction of sp³-hybridized carbons (Fsp3) is 0. The fourth-order valence-corrected chi connectivity index (χ4v) is 3.05. The molecule has 0 unspecified atom stereocenters. The summed E-state index contributed by atoms with van der Waals surface area (Å²) < 4.78 is 0. The van der Waals surface area contributed by atoms with Crippen molar-refractivity contribution in [1.29, 1.82) is 0 Å². The average molecular weight is 393 g/mol. The number of rotatable bonds is 4. The molecule has 0 bridgehead atoms. The molecule has 1 heterocycles. The third kappa shape index (κ3) is 3.43. The molecule has 0 aliphatic heterocycles. The number of anilines is 1. The molecule has 4 rings (SSSR count). The zero-order chi connectivity index (χ0) is 19.7. The van der Waals surface area contributed by atoms with Crippen LogP contribution in [0.2, 0.25) is 5.02 Å². The maximum absolute atomic E-state index is 12.6. The third-order valence-corrected chi connectivity index (χ3v) is 4.42. The van der Waals surface area contributed by atoms with E-state index in [9.17, 15) is 14.9 Å². The first-order valence-corrected chi connectivity index (χ1v) is 8.69. The molecule has 2 N–H and O–H groups in total. The van der Waals surface area contributed by atoms with Crippen molar-refractivity contribution in [2.45, 2.75) is 0 Å². The van der Waals surface area contributed by atoms with Crippen LogP contribution in [0.1, 0.15) is 10.4 Å². The second kappa shape index (κ2) is 7.13. The Labute approximate surface area is 164 Å². The quantitative estimate of drug-likeness (QED) is 0.375. The number of hydrogen-bond acceptors (Lipinski definition) is 4. The summed E-state index contributed by atoms with van der Waals surface area (Å²) in [7, 11) is 0. The number of halogens is 1. The van der Waals surface area contributed by atoms with E-state index in [2.05, 4.69) is 15.3 Å². The van der Waals surface area contributed by atoms with E-state index in [0.29, 0.717) is 11.5 Å². The van der Waals surface area contributed by atoms with Crippen LogP contribution in [0.25, 0.3) is 22.4 Å². The van der Waals surface area contributed by atoms with E-state index in [-0.39, 0.29) is 16.3 Å². The van der Waals surface area contributed by atoms with Gasteiger partial charge in [-0.25, -0.2) is 4.98 Å². The number of amides is 1. The molecule has 8 heteroatoms. The number of aromatic nitrogens is 2. The van der Waals surface area contributed by atoms with Crippen LogP contribution in [0, 0.1) is 10.1 Å². The summed E-state index contributed by atoms with van der Waals surface area (Å²) in [6, 6.07) is 18.6. The van der Waals surface area contributed by atoms with Gasteiger partial charge >= 0.3 is 0 Å². The van der Waals surface area contributed by atoms with Crippen molar-refractivity contribution >= 4 is 39.9 Å². The van der Waals surface area contributed by atoms with Crippen molar-refractivity contribution in [2.24, 2.45) is 0 Å². The van der Waals surface area contributed by atoms with Crippen molar-refractivity contribution in [3.8, 4) is 11.4 Å². The van der Waals surface area contributed by atoms with E-state index in [4.69, 9.17) is 11.6 Å². The van der Waals surface area contributed by atoms with Crippen molar-refractivity contribution < 1.29 is 9.72 Å². The lowest BCUT2D eigenvalue weighted by molar-refractivity contribution is -0.385. The first-order valence-electron chi connectivity index (χ1n) is 8.32. The molecule has 0 atom stereocenters. The molecular formula is C20H13ClN4O3. The number of para-hydroxylation sites is 2. The van der Waals surface area contributed by atoms with Crippen LogP contribution < -0.4 is 5.32 Å². The van der Waals surface area contributed by atoms with Crippen LogP contribution in [0.3, 0.4) is 0 Å². The Morgan fingerprint density at radius 3 is 2.68 bits per heavy atom. The molecule has 0 aliphatic carbocycles. The van der Waals surface area contributed by atoms with Crippen LogP contribution in [0.15, 0.2) is 66.7 Å². The number of benzene rings is 3. The lowest BCUT2D eigenvalue weighted by Gasteiger charge is -2.07. The second-order valence-electron chi connectivity index (χ2n) is 6.06. The highest BCUT2D eigenvalue weighted by atomic mass is 35.5. The van der Waals surface area contributed by atoms with Crippen molar-refractivity contribution in [3.05, 3.63) is 87.4 Å². The fourth-order valence-electron chi connectivity index (χ4n) is 2.88. The highest BCUT2D eigenvalue weighted by Gasteiger charge is 2.20. The minimum absolute atomic E-state index is 0.105. The maximum Gasteiger partial charge on any atom is 0.282 e. The number of aromatic amines is 1. The summed E-state index contributed by atoms with van der Waals surface area (Å²) >= 11 is 5.90. The Kier molecular flexibility index (Phi) is 4.50. The minimum Gasteiger partial charge on any atom is -0.338 e. The normalized spacial score (nSPS) is 10.8. The molecule has 0 aliphatic rings. The van der Waals surface area contributed by atoms with Gasteiger partial charge in [-0.3, -0.25) is 14.9 Å². The number of carbonyl (C=O) groups is 1. The maximum atomic E-state index is 12.6. The van der Waals surface area contributed by atoms with Gasteiger partial charge in [0.05, 0.1) is 16.0 Å². The van der Waals surface area contributed by atoms with E-state index in [1.807, 2.05) is 30.3 Å². The van der Waals surface area contributed by atoms with E-state index in [0.717, 1.165) is 16.6 Å². The molecule has 3 aromatic carbocycles. The predicted molar refractivity (Wildman–Crippen MR) is 108 cm³/mol.